The van der Waals surface area contributed by atoms with Crippen LogP contribution in [-0.4, -0.2) is 7.11 Å². The second kappa shape index (κ2) is 2.64. The molecular weight excluding hydrogens is 160 g/mol. The fraction of sp³-hybridized carbons (Fsp3) is 0.143. The van der Waals surface area contributed by atoms with Crippen molar-refractivity contribution in [2.24, 2.45) is 0 Å². The summed E-state index contributed by atoms with van der Waals surface area (Å²) in [7, 11) is 1.67. The van der Waals surface area contributed by atoms with Crippen molar-refractivity contribution in [3.63, 3.8) is 0 Å². The molecule has 2 rings (SSSR count). The maximum atomic E-state index is 5.07. The van der Waals surface area contributed by atoms with Gasteiger partial charge in [0.05, 0.1) is 17.7 Å². The third-order valence-corrected chi connectivity index (χ3v) is 2.30. The van der Waals surface area contributed by atoms with Gasteiger partial charge < -0.3 is 10.2 Å². The highest BCUT2D eigenvalue weighted by Crippen LogP contribution is 2.32. The van der Waals surface area contributed by atoms with E-state index in [-0.39, 0.29) is 0 Å². The van der Waals surface area contributed by atoms with Crippen LogP contribution in [0.15, 0.2) is 23.1 Å². The summed E-state index contributed by atoms with van der Waals surface area (Å²) in [6, 6.07) is 5.91. The number of hydrogen-bond acceptors (Lipinski definition) is 4. The number of ether oxygens (including phenoxy) is 1. The highest BCUT2D eigenvalue weighted by Gasteiger charge is 2.09. The summed E-state index contributed by atoms with van der Waals surface area (Å²) >= 11 is 1.56. The lowest BCUT2D eigenvalue weighted by Crippen LogP contribution is -2.04. The Balaban J connectivity index is 2.41. The first-order chi connectivity index (χ1) is 5.40. The van der Waals surface area contributed by atoms with E-state index >= 15 is 0 Å². The van der Waals surface area contributed by atoms with Crippen molar-refractivity contribution < 1.29 is 4.74 Å². The molecule has 0 aliphatic carbocycles. The second-order valence-electron chi connectivity index (χ2n) is 2.19. The van der Waals surface area contributed by atoms with Gasteiger partial charge in [-0.25, -0.2) is 0 Å². The summed E-state index contributed by atoms with van der Waals surface area (Å²) in [6.45, 7) is 0. The van der Waals surface area contributed by atoms with Crippen LogP contribution in [0.5, 0.6) is 5.75 Å². The number of hydrazine groups is 1. The Labute approximate surface area is 69.2 Å². The van der Waals surface area contributed by atoms with E-state index in [9.17, 15) is 0 Å². The van der Waals surface area contributed by atoms with E-state index in [1.54, 1.807) is 19.1 Å². The molecule has 2 N–H and O–H groups in total. The van der Waals surface area contributed by atoms with Crippen LogP contribution in [0.4, 0.5) is 5.69 Å². The van der Waals surface area contributed by atoms with Crippen LogP contribution in [0.1, 0.15) is 0 Å². The van der Waals surface area contributed by atoms with Crippen LogP contribution in [-0.2, 0) is 0 Å². The number of hydrogen-bond donors (Lipinski definition) is 2. The Hall–Kier alpha value is -0.870. The van der Waals surface area contributed by atoms with Crippen molar-refractivity contribution >= 4 is 17.6 Å². The molecule has 0 bridgehead atoms. The number of nitrogens with one attached hydrogen (secondary N) is 2. The van der Waals surface area contributed by atoms with Gasteiger partial charge in [-0.05, 0) is 30.1 Å². The standard InChI is InChI=1S/C7H8N2OS/c1-10-5-2-3-6-7(4-5)11-9-8-6/h2-4,8-9H,1H3. The normalized spacial score (nSPS) is 13.9. The van der Waals surface area contributed by atoms with Crippen molar-refractivity contribution in [1.82, 2.24) is 4.83 Å². The maximum absolute atomic E-state index is 5.07. The number of anilines is 1. The topological polar surface area (TPSA) is 33.3 Å². The smallest absolute Gasteiger partial charge is 0.120 e. The Kier molecular flexibility index (Phi) is 1.63. The van der Waals surface area contributed by atoms with Gasteiger partial charge in [0.1, 0.15) is 5.75 Å². The number of benzene rings is 1. The van der Waals surface area contributed by atoms with Crippen molar-refractivity contribution in [2.75, 3.05) is 12.5 Å². The minimum Gasteiger partial charge on any atom is -0.497 e. The summed E-state index contributed by atoms with van der Waals surface area (Å²) in [4.78, 5) is 4.12. The first kappa shape index (κ1) is 6.82. The van der Waals surface area contributed by atoms with Gasteiger partial charge in [0.2, 0.25) is 0 Å². The van der Waals surface area contributed by atoms with E-state index in [1.807, 2.05) is 18.2 Å². The van der Waals surface area contributed by atoms with E-state index in [0.717, 1.165) is 11.4 Å². The third-order valence-electron chi connectivity index (χ3n) is 1.54. The van der Waals surface area contributed by atoms with Crippen molar-refractivity contribution in [2.45, 2.75) is 4.90 Å². The van der Waals surface area contributed by atoms with Gasteiger partial charge >= 0.3 is 0 Å². The molecule has 1 aliphatic rings. The summed E-state index contributed by atoms with van der Waals surface area (Å²) in [5.74, 6) is 0.891. The van der Waals surface area contributed by atoms with Gasteiger partial charge in [0.25, 0.3) is 0 Å². The van der Waals surface area contributed by atoms with Gasteiger partial charge in [-0.1, -0.05) is 0 Å². The lowest BCUT2D eigenvalue weighted by atomic mass is 10.3. The maximum Gasteiger partial charge on any atom is 0.120 e. The first-order valence-corrected chi connectivity index (χ1v) is 4.08. The molecule has 4 heteroatoms. The van der Waals surface area contributed by atoms with E-state index in [4.69, 9.17) is 4.74 Å². The molecule has 1 heterocycles. The SMILES string of the molecule is COc1ccc2c(c1)SNN2. The summed E-state index contributed by atoms with van der Waals surface area (Å²) in [6.07, 6.45) is 0. The van der Waals surface area contributed by atoms with Crippen molar-refractivity contribution in [3.8, 4) is 5.75 Å². The molecule has 0 aromatic heterocycles. The van der Waals surface area contributed by atoms with Crippen LogP contribution in [0.25, 0.3) is 0 Å². The predicted molar refractivity (Wildman–Crippen MR) is 45.6 cm³/mol. The fourth-order valence-corrected chi connectivity index (χ4v) is 1.63. The van der Waals surface area contributed by atoms with Gasteiger partial charge in [0, 0.05) is 0 Å². The van der Waals surface area contributed by atoms with Gasteiger partial charge in [-0.3, -0.25) is 0 Å². The lowest BCUT2D eigenvalue weighted by molar-refractivity contribution is 0.414. The zero-order chi connectivity index (χ0) is 7.68. The molecule has 1 aromatic rings. The summed E-state index contributed by atoms with van der Waals surface area (Å²) in [5, 5.41) is 0. The van der Waals surface area contributed by atoms with Crippen molar-refractivity contribution in [3.05, 3.63) is 18.2 Å². The minimum absolute atomic E-state index is 0.891. The number of methoxy groups -OCH3 is 1. The predicted octanol–water partition coefficient (Wildman–Crippen LogP) is 1.63. The second-order valence-corrected chi connectivity index (χ2v) is 3.04. The van der Waals surface area contributed by atoms with Crippen LogP contribution in [0.3, 0.4) is 0 Å². The molecule has 1 aromatic carbocycles. The quantitative estimate of drug-likeness (QED) is 0.624. The molecule has 0 saturated carbocycles. The molecule has 0 fully saturated rings. The molecule has 0 radical (unpaired) electrons. The van der Waals surface area contributed by atoms with E-state index in [1.165, 1.54) is 4.90 Å². The highest BCUT2D eigenvalue weighted by atomic mass is 32.2. The molecule has 0 atom stereocenters. The van der Waals surface area contributed by atoms with Crippen LogP contribution < -0.4 is 15.0 Å². The molecule has 11 heavy (non-hydrogen) atoms. The average molecular weight is 168 g/mol. The molecule has 0 spiro atoms. The molecule has 0 amide bonds. The largest absolute Gasteiger partial charge is 0.497 e. The van der Waals surface area contributed by atoms with E-state index in [0.29, 0.717) is 0 Å². The molecular formula is C7H8N2OS. The van der Waals surface area contributed by atoms with E-state index < -0.39 is 0 Å². The molecule has 58 valence electrons. The summed E-state index contributed by atoms with van der Waals surface area (Å²) in [5.41, 5.74) is 4.12. The monoisotopic (exact) mass is 168 g/mol. The van der Waals surface area contributed by atoms with Crippen LogP contribution >= 0.6 is 11.9 Å². The van der Waals surface area contributed by atoms with Gasteiger partial charge in [-0.2, -0.15) is 4.83 Å². The molecule has 3 nitrogen and oxygen atoms in total. The third kappa shape index (κ3) is 1.15. The van der Waals surface area contributed by atoms with Crippen molar-refractivity contribution in [1.29, 1.82) is 0 Å². The Morgan fingerprint density at radius 3 is 3.18 bits per heavy atom. The molecule has 1 aliphatic heterocycles. The molecule has 0 saturated heterocycles. The zero-order valence-corrected chi connectivity index (χ0v) is 6.87. The van der Waals surface area contributed by atoms with Gasteiger partial charge in [0.15, 0.2) is 0 Å². The fourth-order valence-electron chi connectivity index (χ4n) is 0.953. The summed E-state index contributed by atoms with van der Waals surface area (Å²) < 4.78 is 5.07. The zero-order valence-electron chi connectivity index (χ0n) is 6.05. The average Bonchev–Trinajstić information content (AvgIpc) is 2.50. The van der Waals surface area contributed by atoms with Gasteiger partial charge in [-0.15, -0.1) is 0 Å². The first-order valence-electron chi connectivity index (χ1n) is 3.26. The minimum atomic E-state index is 0.891. The van der Waals surface area contributed by atoms with Crippen LogP contribution in [0.2, 0.25) is 0 Å². The Morgan fingerprint density at radius 1 is 1.45 bits per heavy atom. The number of fused-ring (bicyclic) bond motifs is 1. The lowest BCUT2D eigenvalue weighted by Gasteiger charge is -2.00. The highest BCUT2D eigenvalue weighted by molar-refractivity contribution is 7.98. The number of rotatable bonds is 1. The Morgan fingerprint density at radius 2 is 2.36 bits per heavy atom. The van der Waals surface area contributed by atoms with Crippen LogP contribution in [0, 0.1) is 0 Å². The Bertz CT molecular complexity index is 277. The molecule has 0 unspecified atom stereocenters. The van der Waals surface area contributed by atoms with E-state index in [2.05, 4.69) is 10.3 Å².